The molecule has 2 aromatic rings. The van der Waals surface area contributed by atoms with Gasteiger partial charge >= 0.3 is 5.69 Å². The average molecular weight is 358 g/mol. The van der Waals surface area contributed by atoms with Crippen LogP contribution in [0.3, 0.4) is 0 Å². The van der Waals surface area contributed by atoms with Crippen LogP contribution in [0, 0.1) is 0 Å². The molecule has 0 spiro atoms. The molecule has 0 saturated heterocycles. The molecule has 26 heavy (non-hydrogen) atoms. The van der Waals surface area contributed by atoms with Crippen LogP contribution in [0.1, 0.15) is 20.8 Å². The molecule has 0 atom stereocenters. The largest absolute Gasteiger partial charge is 0.355 e. The van der Waals surface area contributed by atoms with Gasteiger partial charge in [-0.05, 0) is 71.3 Å². The minimum atomic E-state index is -0.358. The normalized spacial score (nSPS) is 13.5. The van der Waals surface area contributed by atoms with Crippen molar-refractivity contribution in [3.63, 3.8) is 0 Å². The van der Waals surface area contributed by atoms with Crippen LogP contribution in [0.5, 0.6) is 0 Å². The molecule has 1 aromatic carbocycles. The van der Waals surface area contributed by atoms with E-state index in [2.05, 4.69) is 21.8 Å². The Labute approximate surface area is 153 Å². The number of benzene rings is 1. The standard InChI is InChI=1S/C20H27FN4O/c1-7-15(9-8-14(2)21)22-16-10-11-18-17(12-16)23-19(26)25(18)20(3,4)13-24(5)6/h7-12,22H,1,13H2,2-6H3,(H,23,26). The number of likely N-dealkylation sites (N-methyl/N-ethyl adjacent to an activating group) is 1. The highest BCUT2D eigenvalue weighted by atomic mass is 19.1. The number of halogens is 1. The van der Waals surface area contributed by atoms with Crippen molar-refractivity contribution in [2.45, 2.75) is 26.3 Å². The van der Waals surface area contributed by atoms with E-state index in [1.807, 2.05) is 46.1 Å². The van der Waals surface area contributed by atoms with Crippen LogP contribution in [0.2, 0.25) is 0 Å². The molecule has 2 N–H and O–H groups in total. The molecule has 1 aromatic heterocycles. The zero-order valence-electron chi connectivity index (χ0n) is 16.1. The summed E-state index contributed by atoms with van der Waals surface area (Å²) in [4.78, 5) is 17.5. The van der Waals surface area contributed by atoms with E-state index in [1.54, 1.807) is 16.7 Å². The van der Waals surface area contributed by atoms with Gasteiger partial charge in [-0.1, -0.05) is 6.58 Å². The summed E-state index contributed by atoms with van der Waals surface area (Å²) in [5.41, 5.74) is 2.54. The van der Waals surface area contributed by atoms with Gasteiger partial charge in [-0.15, -0.1) is 0 Å². The smallest absolute Gasteiger partial charge is 0.327 e. The summed E-state index contributed by atoms with van der Waals surface area (Å²) in [5.74, 6) is -0.286. The Morgan fingerprint density at radius 3 is 2.65 bits per heavy atom. The predicted octanol–water partition coefficient (Wildman–Crippen LogP) is 3.98. The van der Waals surface area contributed by atoms with Gasteiger partial charge in [-0.2, -0.15) is 0 Å². The van der Waals surface area contributed by atoms with E-state index in [-0.39, 0.29) is 17.1 Å². The van der Waals surface area contributed by atoms with Gasteiger partial charge < -0.3 is 15.2 Å². The first kappa shape index (κ1) is 19.7. The third-order valence-electron chi connectivity index (χ3n) is 3.99. The maximum Gasteiger partial charge on any atom is 0.327 e. The third kappa shape index (κ3) is 4.52. The average Bonchev–Trinajstić information content (AvgIpc) is 2.85. The quantitative estimate of drug-likeness (QED) is 0.736. The number of allylic oxidation sites excluding steroid dienone is 4. The van der Waals surface area contributed by atoms with Gasteiger partial charge in [-0.3, -0.25) is 4.57 Å². The van der Waals surface area contributed by atoms with E-state index in [0.717, 1.165) is 23.3 Å². The number of hydrogen-bond donors (Lipinski definition) is 2. The Bertz CT molecular complexity index is 912. The second-order valence-electron chi connectivity index (χ2n) is 7.25. The molecule has 0 saturated carbocycles. The first-order valence-electron chi connectivity index (χ1n) is 8.47. The monoisotopic (exact) mass is 358 g/mol. The van der Waals surface area contributed by atoms with Gasteiger partial charge in [-0.25, -0.2) is 9.18 Å². The van der Waals surface area contributed by atoms with E-state index in [0.29, 0.717) is 5.70 Å². The van der Waals surface area contributed by atoms with Gasteiger partial charge in [0.1, 0.15) is 0 Å². The number of H-pyrrole nitrogens is 1. The van der Waals surface area contributed by atoms with Gasteiger partial charge in [0.15, 0.2) is 0 Å². The van der Waals surface area contributed by atoms with Crippen LogP contribution in [-0.4, -0.2) is 35.1 Å². The van der Waals surface area contributed by atoms with Gasteiger partial charge in [0.05, 0.1) is 22.4 Å². The number of anilines is 1. The SMILES string of the molecule is C=CC(=CC=C(C)F)Nc1ccc2c(c1)[nH]c(=O)n2C(C)(C)CN(C)C. The molecule has 0 unspecified atom stereocenters. The maximum atomic E-state index is 12.9. The van der Waals surface area contributed by atoms with Crippen LogP contribution >= 0.6 is 0 Å². The van der Waals surface area contributed by atoms with Crippen molar-refractivity contribution in [1.82, 2.24) is 14.5 Å². The molecular formula is C20H27FN4O. The van der Waals surface area contributed by atoms with Crippen molar-refractivity contribution in [3.8, 4) is 0 Å². The minimum absolute atomic E-state index is 0.139. The van der Waals surface area contributed by atoms with E-state index in [1.165, 1.54) is 13.0 Å². The summed E-state index contributed by atoms with van der Waals surface area (Å²) in [6, 6.07) is 5.66. The molecule has 6 heteroatoms. The Morgan fingerprint density at radius 2 is 2.08 bits per heavy atom. The summed E-state index contributed by atoms with van der Waals surface area (Å²) in [7, 11) is 3.97. The number of rotatable bonds is 7. The molecule has 0 aliphatic rings. The zero-order chi connectivity index (χ0) is 19.5. The van der Waals surface area contributed by atoms with Crippen molar-refractivity contribution in [2.75, 3.05) is 26.0 Å². The number of nitrogens with zero attached hydrogens (tertiary/aromatic N) is 2. The second-order valence-corrected chi connectivity index (χ2v) is 7.25. The van der Waals surface area contributed by atoms with Crippen LogP contribution in [0.15, 0.2) is 59.3 Å². The summed E-state index contributed by atoms with van der Waals surface area (Å²) < 4.78 is 14.7. The summed E-state index contributed by atoms with van der Waals surface area (Å²) in [6.07, 6.45) is 4.59. The molecule has 2 rings (SSSR count). The minimum Gasteiger partial charge on any atom is -0.355 e. The van der Waals surface area contributed by atoms with Crippen molar-refractivity contribution in [3.05, 3.63) is 65.0 Å². The molecule has 1 heterocycles. The van der Waals surface area contributed by atoms with E-state index in [4.69, 9.17) is 0 Å². The van der Waals surface area contributed by atoms with Gasteiger partial charge in [0, 0.05) is 17.9 Å². The van der Waals surface area contributed by atoms with Crippen LogP contribution in [-0.2, 0) is 5.54 Å². The molecule has 5 nitrogen and oxygen atoms in total. The predicted molar refractivity (Wildman–Crippen MR) is 107 cm³/mol. The number of fused-ring (bicyclic) bond motifs is 1. The zero-order valence-corrected chi connectivity index (χ0v) is 16.1. The Morgan fingerprint density at radius 1 is 1.38 bits per heavy atom. The third-order valence-corrected chi connectivity index (χ3v) is 3.99. The molecule has 0 aliphatic heterocycles. The van der Waals surface area contributed by atoms with Crippen LogP contribution in [0.25, 0.3) is 11.0 Å². The number of aromatic amines is 1. The molecule has 0 amide bonds. The number of nitrogens with one attached hydrogen (secondary N) is 2. The van der Waals surface area contributed by atoms with E-state index in [9.17, 15) is 9.18 Å². The molecule has 0 bridgehead atoms. The second kappa shape index (κ2) is 7.74. The number of imidazole rings is 1. The molecular weight excluding hydrogens is 331 g/mol. The lowest BCUT2D eigenvalue weighted by molar-refractivity contribution is 0.242. The lowest BCUT2D eigenvalue weighted by Gasteiger charge is -2.29. The van der Waals surface area contributed by atoms with E-state index < -0.39 is 0 Å². The highest BCUT2D eigenvalue weighted by molar-refractivity contribution is 5.80. The summed E-state index contributed by atoms with van der Waals surface area (Å²) in [5, 5.41) is 3.17. The van der Waals surface area contributed by atoms with Crippen molar-refractivity contribution < 1.29 is 4.39 Å². The van der Waals surface area contributed by atoms with Gasteiger partial charge in [0.25, 0.3) is 0 Å². The Hall–Kier alpha value is -2.60. The first-order valence-corrected chi connectivity index (χ1v) is 8.47. The molecule has 0 aliphatic carbocycles. The summed E-state index contributed by atoms with van der Waals surface area (Å²) in [6.45, 7) is 9.92. The number of aromatic nitrogens is 2. The Kier molecular flexibility index (Phi) is 5.87. The molecule has 0 radical (unpaired) electrons. The van der Waals surface area contributed by atoms with Crippen molar-refractivity contribution in [2.24, 2.45) is 0 Å². The fraction of sp³-hybridized carbons (Fsp3) is 0.350. The van der Waals surface area contributed by atoms with Gasteiger partial charge in [0.2, 0.25) is 0 Å². The summed E-state index contributed by atoms with van der Waals surface area (Å²) >= 11 is 0. The van der Waals surface area contributed by atoms with Crippen molar-refractivity contribution in [1.29, 1.82) is 0 Å². The van der Waals surface area contributed by atoms with Crippen molar-refractivity contribution >= 4 is 16.7 Å². The maximum absolute atomic E-state index is 12.9. The lowest BCUT2D eigenvalue weighted by atomic mass is 10.0. The lowest BCUT2D eigenvalue weighted by Crippen LogP contribution is -2.42. The fourth-order valence-corrected chi connectivity index (χ4v) is 3.17. The Balaban J connectivity index is 2.42. The topological polar surface area (TPSA) is 53.1 Å². The molecule has 140 valence electrons. The fourth-order valence-electron chi connectivity index (χ4n) is 3.17. The highest BCUT2D eigenvalue weighted by Crippen LogP contribution is 2.23. The van der Waals surface area contributed by atoms with Crippen LogP contribution in [0.4, 0.5) is 10.1 Å². The van der Waals surface area contributed by atoms with Crippen LogP contribution < -0.4 is 11.0 Å². The highest BCUT2D eigenvalue weighted by Gasteiger charge is 2.25. The molecule has 0 fully saturated rings. The number of hydrogen-bond acceptors (Lipinski definition) is 3. The first-order chi connectivity index (χ1) is 12.1. The van der Waals surface area contributed by atoms with E-state index >= 15 is 0 Å².